The van der Waals surface area contributed by atoms with E-state index in [0.717, 1.165) is 11.1 Å². The number of rotatable bonds is 5. The number of nitrogens with zero attached hydrogens (tertiary/aromatic N) is 4. The van der Waals surface area contributed by atoms with Crippen LogP contribution in [0.5, 0.6) is 0 Å². The SMILES string of the molecule is O=C(C(c1ccccc1)c1ccccc1)N1CCN(Cn2ncc(Cl)c(Cl)c2=O)CC1. The predicted molar refractivity (Wildman–Crippen MR) is 121 cm³/mol. The monoisotopic (exact) mass is 456 g/mol. The van der Waals surface area contributed by atoms with Crippen LogP contribution in [0.1, 0.15) is 17.0 Å². The van der Waals surface area contributed by atoms with Gasteiger partial charge in [0.25, 0.3) is 5.56 Å². The van der Waals surface area contributed by atoms with Crippen molar-refractivity contribution < 1.29 is 4.79 Å². The minimum atomic E-state index is -0.416. The number of hydrogen-bond acceptors (Lipinski definition) is 4. The Balaban J connectivity index is 1.46. The molecule has 0 N–H and O–H groups in total. The van der Waals surface area contributed by atoms with E-state index in [-0.39, 0.29) is 21.9 Å². The van der Waals surface area contributed by atoms with Gasteiger partial charge in [-0.2, -0.15) is 5.10 Å². The normalized spacial score (nSPS) is 14.7. The molecule has 0 aliphatic carbocycles. The molecular formula is C23H22Cl2N4O2. The standard InChI is InChI=1S/C23H22Cl2N4O2/c24-19-15-26-29(23(31)21(19)25)16-27-11-13-28(14-12-27)22(30)20(17-7-3-1-4-8-17)18-9-5-2-6-10-18/h1-10,15,20H,11-14,16H2. The van der Waals surface area contributed by atoms with E-state index in [1.165, 1.54) is 10.9 Å². The van der Waals surface area contributed by atoms with E-state index < -0.39 is 5.56 Å². The maximum absolute atomic E-state index is 13.5. The minimum absolute atomic E-state index is 0.0287. The Labute approximate surface area is 190 Å². The van der Waals surface area contributed by atoms with Crippen LogP contribution in [0, 0.1) is 0 Å². The van der Waals surface area contributed by atoms with Crippen LogP contribution in [0.3, 0.4) is 0 Å². The largest absolute Gasteiger partial charge is 0.339 e. The van der Waals surface area contributed by atoms with Gasteiger partial charge in [-0.3, -0.25) is 14.5 Å². The first kappa shape index (κ1) is 21.6. The zero-order chi connectivity index (χ0) is 21.8. The number of hydrogen-bond donors (Lipinski definition) is 0. The lowest BCUT2D eigenvalue weighted by Gasteiger charge is -2.36. The quantitative estimate of drug-likeness (QED) is 0.589. The fourth-order valence-electron chi connectivity index (χ4n) is 3.80. The molecular weight excluding hydrogens is 435 g/mol. The maximum atomic E-state index is 13.5. The summed E-state index contributed by atoms with van der Waals surface area (Å²) in [5.41, 5.74) is 1.54. The number of amides is 1. The van der Waals surface area contributed by atoms with Gasteiger partial charge in [0.05, 0.1) is 23.8 Å². The molecule has 1 amide bonds. The lowest BCUT2D eigenvalue weighted by Crippen LogP contribution is -2.51. The average molecular weight is 457 g/mol. The number of aromatic nitrogens is 2. The van der Waals surface area contributed by atoms with E-state index in [2.05, 4.69) is 10.00 Å². The number of carbonyl (C=O) groups excluding carboxylic acids is 1. The van der Waals surface area contributed by atoms with Crippen LogP contribution in [0.2, 0.25) is 10.0 Å². The molecule has 160 valence electrons. The number of benzene rings is 2. The predicted octanol–water partition coefficient (Wildman–Crippen LogP) is 3.48. The maximum Gasteiger partial charge on any atom is 0.288 e. The van der Waals surface area contributed by atoms with Gasteiger partial charge in [0.1, 0.15) is 5.02 Å². The molecule has 0 bridgehead atoms. The molecule has 0 unspecified atom stereocenters. The second-order valence-corrected chi connectivity index (χ2v) is 8.24. The third-order valence-electron chi connectivity index (χ3n) is 5.47. The summed E-state index contributed by atoms with van der Waals surface area (Å²) in [4.78, 5) is 29.7. The van der Waals surface area contributed by atoms with Crippen LogP contribution in [0.4, 0.5) is 0 Å². The summed E-state index contributed by atoms with van der Waals surface area (Å²) in [5, 5.41) is 4.18. The van der Waals surface area contributed by atoms with Crippen LogP contribution in [-0.2, 0) is 11.5 Å². The summed E-state index contributed by atoms with van der Waals surface area (Å²) in [5.74, 6) is -0.254. The van der Waals surface area contributed by atoms with Crippen LogP contribution in [-0.4, -0.2) is 51.7 Å². The molecule has 1 aliphatic rings. The minimum Gasteiger partial charge on any atom is -0.339 e. The van der Waals surface area contributed by atoms with Crippen molar-refractivity contribution in [2.45, 2.75) is 12.6 Å². The topological polar surface area (TPSA) is 58.4 Å². The van der Waals surface area contributed by atoms with Crippen molar-refractivity contribution in [3.05, 3.63) is 98.4 Å². The third-order valence-corrected chi connectivity index (χ3v) is 6.22. The lowest BCUT2D eigenvalue weighted by molar-refractivity contribution is -0.133. The van der Waals surface area contributed by atoms with Gasteiger partial charge in [0.15, 0.2) is 0 Å². The summed E-state index contributed by atoms with van der Waals surface area (Å²) >= 11 is 11.8. The summed E-state index contributed by atoms with van der Waals surface area (Å²) in [6, 6.07) is 19.7. The molecule has 8 heteroatoms. The first-order chi connectivity index (χ1) is 15.0. The first-order valence-electron chi connectivity index (χ1n) is 10.1. The summed E-state index contributed by atoms with van der Waals surface area (Å²) in [7, 11) is 0. The highest BCUT2D eigenvalue weighted by molar-refractivity contribution is 6.41. The highest BCUT2D eigenvalue weighted by Gasteiger charge is 2.30. The molecule has 1 aromatic heterocycles. The van der Waals surface area contributed by atoms with Crippen molar-refractivity contribution in [1.29, 1.82) is 0 Å². The number of carbonyl (C=O) groups is 1. The Morgan fingerprint density at radius 1 is 0.903 bits per heavy atom. The van der Waals surface area contributed by atoms with Crippen molar-refractivity contribution in [2.75, 3.05) is 26.2 Å². The molecule has 1 saturated heterocycles. The summed E-state index contributed by atoms with van der Waals surface area (Å²) in [6.45, 7) is 2.72. The fraction of sp³-hybridized carbons (Fsp3) is 0.261. The van der Waals surface area contributed by atoms with E-state index in [9.17, 15) is 9.59 Å². The Bertz CT molecular complexity index is 1060. The van der Waals surface area contributed by atoms with Gasteiger partial charge in [0, 0.05) is 26.2 Å². The van der Waals surface area contributed by atoms with Gasteiger partial charge in [-0.1, -0.05) is 83.9 Å². The van der Waals surface area contributed by atoms with E-state index in [1.54, 1.807) is 0 Å². The van der Waals surface area contributed by atoms with Gasteiger partial charge in [-0.15, -0.1) is 0 Å². The van der Waals surface area contributed by atoms with Crippen molar-refractivity contribution in [2.24, 2.45) is 0 Å². The van der Waals surface area contributed by atoms with Crippen LogP contribution < -0.4 is 5.56 Å². The molecule has 2 aromatic carbocycles. The summed E-state index contributed by atoms with van der Waals surface area (Å²) < 4.78 is 1.29. The van der Waals surface area contributed by atoms with Crippen molar-refractivity contribution >= 4 is 29.1 Å². The van der Waals surface area contributed by atoms with Gasteiger partial charge in [0.2, 0.25) is 5.91 Å². The van der Waals surface area contributed by atoms with Gasteiger partial charge >= 0.3 is 0 Å². The van der Waals surface area contributed by atoms with E-state index in [0.29, 0.717) is 32.8 Å². The highest BCUT2D eigenvalue weighted by atomic mass is 35.5. The van der Waals surface area contributed by atoms with Gasteiger partial charge in [-0.05, 0) is 11.1 Å². The second-order valence-electron chi connectivity index (χ2n) is 7.45. The van der Waals surface area contributed by atoms with Gasteiger partial charge in [-0.25, -0.2) is 4.68 Å². The zero-order valence-corrected chi connectivity index (χ0v) is 18.3. The van der Waals surface area contributed by atoms with Crippen LogP contribution in [0.25, 0.3) is 0 Å². The Hall–Kier alpha value is -2.67. The molecule has 1 aliphatic heterocycles. The smallest absolute Gasteiger partial charge is 0.288 e. The molecule has 0 radical (unpaired) electrons. The Kier molecular flexibility index (Phi) is 6.70. The van der Waals surface area contributed by atoms with E-state index in [4.69, 9.17) is 23.2 Å². The van der Waals surface area contributed by atoms with Crippen molar-refractivity contribution in [1.82, 2.24) is 19.6 Å². The van der Waals surface area contributed by atoms with E-state index in [1.807, 2.05) is 65.6 Å². The average Bonchev–Trinajstić information content (AvgIpc) is 2.81. The molecule has 0 atom stereocenters. The Morgan fingerprint density at radius 2 is 1.45 bits per heavy atom. The van der Waals surface area contributed by atoms with Crippen molar-refractivity contribution in [3.8, 4) is 0 Å². The molecule has 4 rings (SSSR count). The van der Waals surface area contributed by atoms with Crippen LogP contribution >= 0.6 is 23.2 Å². The molecule has 0 saturated carbocycles. The van der Waals surface area contributed by atoms with E-state index >= 15 is 0 Å². The zero-order valence-electron chi connectivity index (χ0n) is 16.8. The molecule has 6 nitrogen and oxygen atoms in total. The molecule has 0 spiro atoms. The molecule has 31 heavy (non-hydrogen) atoms. The second kappa shape index (κ2) is 9.64. The molecule has 3 aromatic rings. The fourth-order valence-corrected chi connectivity index (χ4v) is 4.07. The first-order valence-corrected chi connectivity index (χ1v) is 10.8. The summed E-state index contributed by atoms with van der Waals surface area (Å²) in [6.07, 6.45) is 1.37. The molecule has 1 fully saturated rings. The molecule has 2 heterocycles. The lowest BCUT2D eigenvalue weighted by atomic mass is 9.90. The Morgan fingerprint density at radius 3 is 2.00 bits per heavy atom. The van der Waals surface area contributed by atoms with Gasteiger partial charge < -0.3 is 4.90 Å². The third kappa shape index (κ3) is 4.82. The number of halogens is 2. The number of piperazine rings is 1. The highest BCUT2D eigenvalue weighted by Crippen LogP contribution is 2.27. The van der Waals surface area contributed by atoms with Crippen molar-refractivity contribution in [3.63, 3.8) is 0 Å². The van der Waals surface area contributed by atoms with Crippen LogP contribution in [0.15, 0.2) is 71.7 Å².